The number of carbonyl (C=O) groups excluding carboxylic acids is 2. The first-order valence-electron chi connectivity index (χ1n) is 10.8. The zero-order valence-electron chi connectivity index (χ0n) is 18.9. The lowest BCUT2D eigenvalue weighted by atomic mass is 9.94. The van der Waals surface area contributed by atoms with Crippen molar-refractivity contribution in [3.63, 3.8) is 0 Å². The number of aromatic amines is 1. The van der Waals surface area contributed by atoms with Gasteiger partial charge in [0.15, 0.2) is 0 Å². The maximum atomic E-state index is 13.7. The average molecular weight is 472 g/mol. The molecule has 1 unspecified atom stereocenters. The van der Waals surface area contributed by atoms with Crippen molar-refractivity contribution in [3.8, 4) is 11.5 Å². The number of ether oxygens (including phenoxy) is 2. The minimum atomic E-state index is -0.994. The van der Waals surface area contributed by atoms with Crippen molar-refractivity contribution in [2.45, 2.75) is 6.04 Å². The first kappa shape index (κ1) is 22.2. The first-order chi connectivity index (χ1) is 17.0. The van der Waals surface area contributed by atoms with E-state index < -0.39 is 29.3 Å². The number of nitrogens with one attached hydrogen (secondary N) is 1. The van der Waals surface area contributed by atoms with Crippen molar-refractivity contribution < 1.29 is 28.6 Å². The highest BCUT2D eigenvalue weighted by atomic mass is 19.1. The van der Waals surface area contributed by atoms with Crippen molar-refractivity contribution >= 4 is 34.0 Å². The Hall–Kier alpha value is -4.59. The molecular formula is C27H21FN2O5. The molecule has 1 amide bonds. The Morgan fingerprint density at radius 1 is 0.943 bits per heavy atom. The van der Waals surface area contributed by atoms with Crippen LogP contribution in [0.1, 0.15) is 17.2 Å². The number of anilines is 1. The molecular weight excluding hydrogens is 451 g/mol. The number of carbonyl (C=O) groups is 2. The summed E-state index contributed by atoms with van der Waals surface area (Å²) in [5.41, 5.74) is 1.72. The van der Waals surface area contributed by atoms with Crippen molar-refractivity contribution in [1.29, 1.82) is 0 Å². The standard InChI is InChI=1S/C27H21FN2O5/c1-34-20-8-5-9-21(35-2)22(20)25(31)23-24(18-14-29-19-7-4-3-6-17(18)19)30(27(33)26(23)32)16-12-10-15(28)11-13-16/h3-14,24,29,31H,1-2H3/b25-23+. The number of H-pyrrole nitrogens is 1. The molecule has 7 nitrogen and oxygen atoms in total. The summed E-state index contributed by atoms with van der Waals surface area (Å²) in [6, 6.07) is 16.6. The highest BCUT2D eigenvalue weighted by molar-refractivity contribution is 6.52. The van der Waals surface area contributed by atoms with Gasteiger partial charge in [-0.1, -0.05) is 24.3 Å². The van der Waals surface area contributed by atoms with Crippen LogP contribution in [0.4, 0.5) is 10.1 Å². The van der Waals surface area contributed by atoms with Crippen LogP contribution in [0.25, 0.3) is 16.7 Å². The molecule has 5 rings (SSSR count). The Balaban J connectivity index is 1.82. The van der Waals surface area contributed by atoms with Gasteiger partial charge in [-0.2, -0.15) is 0 Å². The van der Waals surface area contributed by atoms with Crippen LogP contribution < -0.4 is 14.4 Å². The molecule has 0 spiro atoms. The fraction of sp³-hybridized carbons (Fsp3) is 0.111. The lowest BCUT2D eigenvalue weighted by molar-refractivity contribution is -0.132. The maximum absolute atomic E-state index is 13.7. The summed E-state index contributed by atoms with van der Waals surface area (Å²) in [5.74, 6) is -2.09. The number of benzene rings is 3. The van der Waals surface area contributed by atoms with Gasteiger partial charge in [0.25, 0.3) is 11.7 Å². The molecule has 1 fully saturated rings. The van der Waals surface area contributed by atoms with E-state index >= 15 is 0 Å². The van der Waals surface area contributed by atoms with Crippen LogP contribution in [0, 0.1) is 5.82 Å². The van der Waals surface area contributed by atoms with E-state index in [1.165, 1.54) is 43.4 Å². The molecule has 0 aliphatic carbocycles. The van der Waals surface area contributed by atoms with Crippen LogP contribution in [-0.4, -0.2) is 36.0 Å². The van der Waals surface area contributed by atoms with Crippen molar-refractivity contribution in [3.05, 3.63) is 95.4 Å². The zero-order chi connectivity index (χ0) is 24.7. The van der Waals surface area contributed by atoms with Gasteiger partial charge in [-0.15, -0.1) is 0 Å². The van der Waals surface area contributed by atoms with E-state index in [-0.39, 0.29) is 22.6 Å². The first-order valence-corrected chi connectivity index (χ1v) is 10.8. The fourth-order valence-electron chi connectivity index (χ4n) is 4.53. The number of para-hydroxylation sites is 1. The summed E-state index contributed by atoms with van der Waals surface area (Å²) in [7, 11) is 2.86. The molecule has 1 saturated heterocycles. The Bertz CT molecular complexity index is 1470. The molecule has 2 heterocycles. The van der Waals surface area contributed by atoms with Gasteiger partial charge in [-0.3, -0.25) is 14.5 Å². The maximum Gasteiger partial charge on any atom is 0.300 e. The van der Waals surface area contributed by atoms with E-state index in [0.717, 1.165) is 10.9 Å². The minimum absolute atomic E-state index is 0.133. The third-order valence-corrected chi connectivity index (χ3v) is 6.13. The molecule has 1 aliphatic heterocycles. The number of ketones is 1. The van der Waals surface area contributed by atoms with Gasteiger partial charge in [0, 0.05) is 28.4 Å². The average Bonchev–Trinajstić information content (AvgIpc) is 3.42. The summed E-state index contributed by atoms with van der Waals surface area (Å²) in [4.78, 5) is 31.2. The number of methoxy groups -OCH3 is 2. The normalized spacial score (nSPS) is 17.2. The van der Waals surface area contributed by atoms with E-state index in [0.29, 0.717) is 11.3 Å². The number of fused-ring (bicyclic) bond motifs is 1. The Morgan fingerprint density at radius 2 is 1.60 bits per heavy atom. The van der Waals surface area contributed by atoms with E-state index in [9.17, 15) is 19.1 Å². The third kappa shape index (κ3) is 3.50. The topological polar surface area (TPSA) is 91.9 Å². The number of aliphatic hydroxyl groups excluding tert-OH is 1. The summed E-state index contributed by atoms with van der Waals surface area (Å²) in [5, 5.41) is 12.3. The molecule has 2 N–H and O–H groups in total. The predicted octanol–water partition coefficient (Wildman–Crippen LogP) is 4.95. The number of Topliss-reactive ketones (excluding diaryl/α,β-unsaturated/α-hetero) is 1. The number of aromatic nitrogens is 1. The highest BCUT2D eigenvalue weighted by Crippen LogP contribution is 2.46. The van der Waals surface area contributed by atoms with Crippen LogP contribution in [0.3, 0.4) is 0 Å². The minimum Gasteiger partial charge on any atom is -0.506 e. The van der Waals surface area contributed by atoms with Crippen molar-refractivity contribution in [2.24, 2.45) is 0 Å². The van der Waals surface area contributed by atoms with Gasteiger partial charge >= 0.3 is 0 Å². The van der Waals surface area contributed by atoms with Gasteiger partial charge in [0.05, 0.1) is 25.8 Å². The number of hydrogen-bond donors (Lipinski definition) is 2. The largest absolute Gasteiger partial charge is 0.506 e. The van der Waals surface area contributed by atoms with Crippen LogP contribution in [0.5, 0.6) is 11.5 Å². The van der Waals surface area contributed by atoms with Crippen molar-refractivity contribution in [1.82, 2.24) is 4.98 Å². The summed E-state index contributed by atoms with van der Waals surface area (Å²) >= 11 is 0. The second-order valence-electron chi connectivity index (χ2n) is 7.97. The molecule has 0 radical (unpaired) electrons. The van der Waals surface area contributed by atoms with Crippen LogP contribution in [0.15, 0.2) is 78.5 Å². The Morgan fingerprint density at radius 3 is 2.26 bits per heavy atom. The van der Waals surface area contributed by atoms with Gasteiger partial charge in [0.2, 0.25) is 0 Å². The quantitative estimate of drug-likeness (QED) is 0.244. The molecule has 8 heteroatoms. The number of hydrogen-bond acceptors (Lipinski definition) is 5. The second kappa shape index (κ2) is 8.64. The number of nitrogens with zero attached hydrogens (tertiary/aromatic N) is 1. The summed E-state index contributed by atoms with van der Waals surface area (Å²) in [6.45, 7) is 0. The van der Waals surface area contributed by atoms with Crippen LogP contribution in [-0.2, 0) is 9.59 Å². The van der Waals surface area contributed by atoms with Gasteiger partial charge < -0.3 is 19.6 Å². The van der Waals surface area contributed by atoms with E-state index in [1.807, 2.05) is 24.3 Å². The monoisotopic (exact) mass is 472 g/mol. The van der Waals surface area contributed by atoms with E-state index in [4.69, 9.17) is 9.47 Å². The van der Waals surface area contributed by atoms with Crippen LogP contribution >= 0.6 is 0 Å². The third-order valence-electron chi connectivity index (χ3n) is 6.13. The van der Waals surface area contributed by atoms with Gasteiger partial charge in [-0.05, 0) is 42.5 Å². The number of aliphatic hydroxyl groups is 1. The Labute approximate surface area is 200 Å². The van der Waals surface area contributed by atoms with Crippen molar-refractivity contribution in [2.75, 3.05) is 19.1 Å². The molecule has 35 heavy (non-hydrogen) atoms. The van der Waals surface area contributed by atoms with E-state index in [1.54, 1.807) is 24.4 Å². The molecule has 0 saturated carbocycles. The molecule has 1 atom stereocenters. The molecule has 1 aliphatic rings. The van der Waals surface area contributed by atoms with Gasteiger partial charge in [-0.25, -0.2) is 4.39 Å². The second-order valence-corrected chi connectivity index (χ2v) is 7.97. The number of amides is 1. The lowest BCUT2D eigenvalue weighted by Gasteiger charge is -2.25. The predicted molar refractivity (Wildman–Crippen MR) is 129 cm³/mol. The molecule has 176 valence electrons. The summed E-state index contributed by atoms with van der Waals surface area (Å²) < 4.78 is 24.5. The lowest BCUT2D eigenvalue weighted by Crippen LogP contribution is -2.29. The number of halogens is 1. The number of rotatable bonds is 5. The molecule has 0 bridgehead atoms. The summed E-state index contributed by atoms with van der Waals surface area (Å²) in [6.07, 6.45) is 1.70. The molecule has 1 aromatic heterocycles. The molecule has 4 aromatic rings. The fourth-order valence-corrected chi connectivity index (χ4v) is 4.53. The smallest absolute Gasteiger partial charge is 0.300 e. The zero-order valence-corrected chi connectivity index (χ0v) is 18.9. The van der Waals surface area contributed by atoms with E-state index in [2.05, 4.69) is 4.98 Å². The van der Waals surface area contributed by atoms with Crippen LogP contribution in [0.2, 0.25) is 0 Å². The van der Waals surface area contributed by atoms with Gasteiger partial charge in [0.1, 0.15) is 28.6 Å². The SMILES string of the molecule is COc1cccc(OC)c1/C(O)=C1\C(=O)C(=O)N(c2ccc(F)cc2)C1c1c[nH]c2ccccc12. The Kier molecular flexibility index (Phi) is 5.49. The molecule has 3 aromatic carbocycles. The highest BCUT2D eigenvalue weighted by Gasteiger charge is 2.48.